The molecule has 0 bridgehead atoms. The summed E-state index contributed by atoms with van der Waals surface area (Å²) < 4.78 is 2.00. The molecule has 4 aromatic rings. The maximum absolute atomic E-state index is 11.5. The van der Waals surface area contributed by atoms with Gasteiger partial charge in [-0.2, -0.15) is 0 Å². The van der Waals surface area contributed by atoms with E-state index >= 15 is 0 Å². The van der Waals surface area contributed by atoms with E-state index in [0.29, 0.717) is 5.56 Å². The van der Waals surface area contributed by atoms with Crippen LogP contribution in [0.5, 0.6) is 0 Å². The third-order valence-electron chi connectivity index (χ3n) is 3.96. The Balaban J connectivity index is 1.82. The first-order chi connectivity index (χ1) is 11.7. The molecule has 2 aromatic carbocycles. The minimum absolute atomic E-state index is 0.0391. The number of hydrogen-bond acceptors (Lipinski definition) is 4. The first kappa shape index (κ1) is 14.3. The van der Waals surface area contributed by atoms with Gasteiger partial charge < -0.3 is 0 Å². The van der Waals surface area contributed by atoms with Crippen LogP contribution >= 0.6 is 0 Å². The highest BCUT2D eigenvalue weighted by Crippen LogP contribution is 2.23. The van der Waals surface area contributed by atoms with Crippen molar-refractivity contribution in [1.29, 1.82) is 0 Å². The van der Waals surface area contributed by atoms with Gasteiger partial charge in [-0.3, -0.25) is 9.36 Å². The number of carbonyl (C=O) groups excluding carboxylic acids is 1. The second-order valence-electron chi connectivity index (χ2n) is 5.52. The van der Waals surface area contributed by atoms with Crippen LogP contribution in [0.1, 0.15) is 17.3 Å². The molecular weight excluding hydrogens is 300 g/mol. The summed E-state index contributed by atoms with van der Waals surface area (Å²) in [6.07, 6.45) is 5.04. The molecule has 0 amide bonds. The van der Waals surface area contributed by atoms with Crippen LogP contribution in [0.2, 0.25) is 0 Å². The molecule has 0 spiro atoms. The molecule has 0 aliphatic rings. The van der Waals surface area contributed by atoms with E-state index in [1.54, 1.807) is 19.4 Å². The normalized spacial score (nSPS) is 10.9. The van der Waals surface area contributed by atoms with E-state index < -0.39 is 0 Å². The van der Waals surface area contributed by atoms with Crippen molar-refractivity contribution in [2.24, 2.45) is 0 Å². The molecule has 0 unspecified atom stereocenters. The Morgan fingerprint density at radius 3 is 2.75 bits per heavy atom. The van der Waals surface area contributed by atoms with E-state index in [1.165, 1.54) is 6.33 Å². The quantitative estimate of drug-likeness (QED) is 0.541. The molecule has 2 heterocycles. The van der Waals surface area contributed by atoms with Gasteiger partial charge in [-0.25, -0.2) is 15.0 Å². The van der Waals surface area contributed by atoms with Gasteiger partial charge in [0.2, 0.25) is 0 Å². The molecule has 2 aromatic heterocycles. The molecule has 0 saturated heterocycles. The van der Waals surface area contributed by atoms with E-state index in [1.807, 2.05) is 47.0 Å². The molecule has 5 nitrogen and oxygen atoms in total. The number of nitrogens with zero attached hydrogens (tertiary/aromatic N) is 4. The molecule has 0 aliphatic carbocycles. The molecule has 4 rings (SSSR count). The lowest BCUT2D eigenvalue weighted by atomic mass is 10.1. The van der Waals surface area contributed by atoms with Gasteiger partial charge in [-0.15, -0.1) is 0 Å². The molecule has 0 aliphatic heterocycles. The molecule has 5 heteroatoms. The van der Waals surface area contributed by atoms with Gasteiger partial charge in [-0.1, -0.05) is 12.1 Å². The molecule has 24 heavy (non-hydrogen) atoms. The lowest BCUT2D eigenvalue weighted by Gasteiger charge is -2.07. The summed E-state index contributed by atoms with van der Waals surface area (Å²) in [5.74, 6) is 0.0391. The van der Waals surface area contributed by atoms with Crippen LogP contribution in [0.25, 0.3) is 28.0 Å². The van der Waals surface area contributed by atoms with Crippen molar-refractivity contribution in [2.75, 3.05) is 0 Å². The third-order valence-corrected chi connectivity index (χ3v) is 3.96. The Morgan fingerprint density at radius 1 is 1.04 bits per heavy atom. The number of imidazole rings is 1. The van der Waals surface area contributed by atoms with Gasteiger partial charge in [0.1, 0.15) is 12.7 Å². The largest absolute Gasteiger partial charge is 0.299 e. The van der Waals surface area contributed by atoms with Crippen LogP contribution < -0.4 is 0 Å². The Hall–Kier alpha value is -3.34. The Labute approximate surface area is 138 Å². The van der Waals surface area contributed by atoms with Crippen LogP contribution in [-0.4, -0.2) is 25.3 Å². The number of hydrogen-bond donors (Lipinski definition) is 0. The van der Waals surface area contributed by atoms with Crippen molar-refractivity contribution < 1.29 is 4.79 Å². The van der Waals surface area contributed by atoms with Crippen LogP contribution in [0.4, 0.5) is 0 Å². The van der Waals surface area contributed by atoms with E-state index in [9.17, 15) is 4.79 Å². The summed E-state index contributed by atoms with van der Waals surface area (Å²) in [4.78, 5) is 24.2. The average Bonchev–Trinajstić information content (AvgIpc) is 3.06. The van der Waals surface area contributed by atoms with Gasteiger partial charge >= 0.3 is 0 Å². The zero-order chi connectivity index (χ0) is 16.5. The van der Waals surface area contributed by atoms with E-state index in [0.717, 1.165) is 28.0 Å². The molecule has 0 saturated carbocycles. The lowest BCUT2D eigenvalue weighted by Crippen LogP contribution is -1.94. The summed E-state index contributed by atoms with van der Waals surface area (Å²) in [6, 6.07) is 15.5. The van der Waals surface area contributed by atoms with Crippen molar-refractivity contribution in [3.05, 3.63) is 72.9 Å². The number of rotatable bonds is 3. The highest BCUT2D eigenvalue weighted by molar-refractivity contribution is 5.97. The summed E-state index contributed by atoms with van der Waals surface area (Å²) in [6.45, 7) is 1.56. The maximum atomic E-state index is 11.5. The summed E-state index contributed by atoms with van der Waals surface area (Å²) in [5, 5.41) is 0. The first-order valence-corrected chi connectivity index (χ1v) is 7.57. The Bertz CT molecular complexity index is 1040. The standard InChI is InChI=1S/C19H14N4O/c1-13(24)14-5-6-19-18(10-14)22-12-23(19)16-4-2-3-15(9-16)17-7-8-20-11-21-17/h2-12H,1H3. The number of Topliss-reactive ketones (excluding diaryl/α,β-unsaturated/α-hetero) is 1. The zero-order valence-corrected chi connectivity index (χ0v) is 13.0. The molecule has 0 fully saturated rings. The first-order valence-electron chi connectivity index (χ1n) is 7.57. The predicted octanol–water partition coefficient (Wildman–Crippen LogP) is 3.69. The highest BCUT2D eigenvalue weighted by atomic mass is 16.1. The summed E-state index contributed by atoms with van der Waals surface area (Å²) in [5.41, 5.74) is 5.30. The van der Waals surface area contributed by atoms with Gasteiger partial charge in [0.15, 0.2) is 5.78 Å². The molecule has 116 valence electrons. The fourth-order valence-electron chi connectivity index (χ4n) is 2.71. The number of ketones is 1. The second kappa shape index (κ2) is 5.70. The number of fused-ring (bicyclic) bond motifs is 1. The Morgan fingerprint density at radius 2 is 1.96 bits per heavy atom. The van der Waals surface area contributed by atoms with Gasteiger partial charge in [0.05, 0.1) is 16.7 Å². The van der Waals surface area contributed by atoms with E-state index in [-0.39, 0.29) is 5.78 Å². The van der Waals surface area contributed by atoms with Crippen molar-refractivity contribution in [3.8, 4) is 16.9 Å². The van der Waals surface area contributed by atoms with Crippen LogP contribution in [-0.2, 0) is 0 Å². The minimum Gasteiger partial charge on any atom is -0.299 e. The molecular formula is C19H14N4O. The topological polar surface area (TPSA) is 60.7 Å². The van der Waals surface area contributed by atoms with Crippen LogP contribution in [0, 0.1) is 0 Å². The number of carbonyl (C=O) groups is 1. The van der Waals surface area contributed by atoms with Crippen molar-refractivity contribution in [2.45, 2.75) is 6.92 Å². The minimum atomic E-state index is 0.0391. The predicted molar refractivity (Wildman–Crippen MR) is 92.1 cm³/mol. The van der Waals surface area contributed by atoms with Crippen molar-refractivity contribution in [3.63, 3.8) is 0 Å². The van der Waals surface area contributed by atoms with Crippen LogP contribution in [0.15, 0.2) is 67.4 Å². The SMILES string of the molecule is CC(=O)c1ccc2c(c1)ncn2-c1cccc(-c2ccncn2)c1. The summed E-state index contributed by atoms with van der Waals surface area (Å²) in [7, 11) is 0. The number of aromatic nitrogens is 4. The zero-order valence-electron chi connectivity index (χ0n) is 13.0. The van der Waals surface area contributed by atoms with Gasteiger partial charge in [0.25, 0.3) is 0 Å². The molecule has 0 atom stereocenters. The molecule has 0 radical (unpaired) electrons. The van der Waals surface area contributed by atoms with Gasteiger partial charge in [-0.05, 0) is 43.3 Å². The monoisotopic (exact) mass is 314 g/mol. The van der Waals surface area contributed by atoms with Crippen LogP contribution in [0.3, 0.4) is 0 Å². The molecule has 0 N–H and O–H groups in total. The van der Waals surface area contributed by atoms with Crippen molar-refractivity contribution in [1.82, 2.24) is 19.5 Å². The number of benzene rings is 2. The van der Waals surface area contributed by atoms with Crippen molar-refractivity contribution >= 4 is 16.8 Å². The van der Waals surface area contributed by atoms with Gasteiger partial charge in [0, 0.05) is 23.0 Å². The second-order valence-corrected chi connectivity index (χ2v) is 5.52. The average molecular weight is 314 g/mol. The Kier molecular flexibility index (Phi) is 3.39. The fraction of sp³-hybridized carbons (Fsp3) is 0.0526. The fourth-order valence-corrected chi connectivity index (χ4v) is 2.71. The maximum Gasteiger partial charge on any atom is 0.159 e. The highest BCUT2D eigenvalue weighted by Gasteiger charge is 2.08. The third kappa shape index (κ3) is 2.46. The lowest BCUT2D eigenvalue weighted by molar-refractivity contribution is 0.101. The smallest absolute Gasteiger partial charge is 0.159 e. The van der Waals surface area contributed by atoms with E-state index in [2.05, 4.69) is 21.0 Å². The van der Waals surface area contributed by atoms with E-state index in [4.69, 9.17) is 0 Å². The summed E-state index contributed by atoms with van der Waals surface area (Å²) >= 11 is 0.